The van der Waals surface area contributed by atoms with Crippen LogP contribution < -0.4 is 18.9 Å². The highest BCUT2D eigenvalue weighted by Crippen LogP contribution is 2.36. The molecule has 0 fully saturated rings. The van der Waals surface area contributed by atoms with Crippen LogP contribution in [0.25, 0.3) is 22.8 Å². The summed E-state index contributed by atoms with van der Waals surface area (Å²) >= 11 is 0. The molecule has 0 N–H and O–H groups in total. The van der Waals surface area contributed by atoms with E-state index >= 15 is 0 Å². The first-order valence-electron chi connectivity index (χ1n) is 13.4. The summed E-state index contributed by atoms with van der Waals surface area (Å²) in [6, 6.07) is 33.8. The van der Waals surface area contributed by atoms with Gasteiger partial charge < -0.3 is 18.9 Å². The molecular weight excluding hydrogens is 528 g/mol. The highest BCUT2D eigenvalue weighted by Gasteiger charge is 2.16. The lowest BCUT2D eigenvalue weighted by Gasteiger charge is -2.15. The molecule has 3 heterocycles. The third-order valence-electron chi connectivity index (χ3n) is 6.36. The Balaban J connectivity index is 1.39. The summed E-state index contributed by atoms with van der Waals surface area (Å²) in [5.74, 6) is 4.36. The molecule has 42 heavy (non-hydrogen) atoms. The number of rotatable bonds is 2. The van der Waals surface area contributed by atoms with Gasteiger partial charge in [0, 0.05) is 23.3 Å². The zero-order valence-corrected chi connectivity index (χ0v) is 22.8. The standard InChI is InChI=1S/C34H24N4O4/c1-21-13-25-17-26(14-21)40-30-20-32(38-34(36-30)24-11-7-4-8-12-24)42-28-16-22(2)15-27(18-28)41-31-19-29(39-25)35-33(37-31)23-9-5-3-6-10-23/h3-20H,1-2H3. The Labute approximate surface area is 242 Å². The second-order valence-corrected chi connectivity index (χ2v) is 9.84. The van der Waals surface area contributed by atoms with Crippen LogP contribution in [-0.2, 0) is 0 Å². The molecule has 204 valence electrons. The highest BCUT2D eigenvalue weighted by molar-refractivity contribution is 5.58. The Hall–Kier alpha value is -5.76. The van der Waals surface area contributed by atoms with Gasteiger partial charge >= 0.3 is 0 Å². The van der Waals surface area contributed by atoms with E-state index < -0.39 is 0 Å². The van der Waals surface area contributed by atoms with Crippen LogP contribution in [0.5, 0.6) is 46.5 Å². The fraction of sp³-hybridized carbons (Fsp3) is 0.0588. The zero-order valence-electron chi connectivity index (χ0n) is 22.8. The SMILES string of the molecule is Cc1cc2cc(c1)Oc1cc(nc(-c3ccccc3)n1)Oc1cc(C)cc(c1)Oc1cc(nc(-c3ccccc3)n1)O2. The van der Waals surface area contributed by atoms with Crippen molar-refractivity contribution in [2.45, 2.75) is 13.8 Å². The zero-order chi connectivity index (χ0) is 28.5. The third-order valence-corrected chi connectivity index (χ3v) is 6.36. The van der Waals surface area contributed by atoms with Crippen LogP contribution in [0.1, 0.15) is 11.1 Å². The molecule has 0 atom stereocenters. The van der Waals surface area contributed by atoms with E-state index in [0.717, 1.165) is 22.3 Å². The van der Waals surface area contributed by atoms with Crippen molar-refractivity contribution in [3.63, 3.8) is 0 Å². The lowest BCUT2D eigenvalue weighted by atomic mass is 10.2. The predicted octanol–water partition coefficient (Wildman–Crippen LogP) is 8.70. The van der Waals surface area contributed by atoms with Crippen LogP contribution in [0.4, 0.5) is 0 Å². The summed E-state index contributed by atoms with van der Waals surface area (Å²) in [5, 5.41) is 0. The second kappa shape index (κ2) is 10.7. The van der Waals surface area contributed by atoms with E-state index in [1.807, 2.05) is 98.8 Å². The van der Waals surface area contributed by atoms with Gasteiger partial charge in [0.1, 0.15) is 23.0 Å². The van der Waals surface area contributed by atoms with Gasteiger partial charge in [-0.15, -0.1) is 0 Å². The molecular formula is C34H24N4O4. The summed E-state index contributed by atoms with van der Waals surface area (Å²) < 4.78 is 25.0. The topological polar surface area (TPSA) is 88.5 Å². The summed E-state index contributed by atoms with van der Waals surface area (Å²) in [6.45, 7) is 3.92. The van der Waals surface area contributed by atoms with E-state index in [2.05, 4.69) is 19.9 Å². The number of aromatic nitrogens is 4. The molecule has 4 aromatic carbocycles. The molecule has 8 heteroatoms. The Morgan fingerprint density at radius 2 is 0.690 bits per heavy atom. The van der Waals surface area contributed by atoms with Crippen molar-refractivity contribution >= 4 is 0 Å². The molecule has 8 bridgehead atoms. The minimum atomic E-state index is 0.322. The van der Waals surface area contributed by atoms with Gasteiger partial charge in [0.15, 0.2) is 11.6 Å². The van der Waals surface area contributed by atoms with Crippen molar-refractivity contribution in [1.82, 2.24) is 19.9 Å². The molecule has 6 aromatic rings. The maximum atomic E-state index is 6.26. The van der Waals surface area contributed by atoms with Crippen molar-refractivity contribution in [3.8, 4) is 69.3 Å². The van der Waals surface area contributed by atoms with Gasteiger partial charge in [-0.3, -0.25) is 0 Å². The molecule has 2 aromatic heterocycles. The Morgan fingerprint density at radius 1 is 0.381 bits per heavy atom. The highest BCUT2D eigenvalue weighted by atomic mass is 16.5. The number of nitrogens with zero attached hydrogens (tertiary/aromatic N) is 4. The summed E-state index contributed by atoms with van der Waals surface area (Å²) in [5.41, 5.74) is 3.51. The largest absolute Gasteiger partial charge is 0.439 e. The molecule has 0 aliphatic carbocycles. The van der Waals surface area contributed by atoms with Crippen LogP contribution in [-0.4, -0.2) is 19.9 Å². The molecule has 8 nitrogen and oxygen atoms in total. The first-order chi connectivity index (χ1) is 20.5. The van der Waals surface area contributed by atoms with E-state index in [9.17, 15) is 0 Å². The van der Waals surface area contributed by atoms with Gasteiger partial charge in [-0.1, -0.05) is 60.7 Å². The molecule has 0 saturated heterocycles. The van der Waals surface area contributed by atoms with Crippen molar-refractivity contribution in [3.05, 3.63) is 120 Å². The Morgan fingerprint density at radius 3 is 1.00 bits per heavy atom. The number of hydrogen-bond acceptors (Lipinski definition) is 8. The molecule has 0 spiro atoms. The van der Waals surface area contributed by atoms with E-state index in [4.69, 9.17) is 18.9 Å². The fourth-order valence-corrected chi connectivity index (χ4v) is 4.60. The molecule has 0 unspecified atom stereocenters. The molecule has 0 amide bonds. The van der Waals surface area contributed by atoms with E-state index in [0.29, 0.717) is 58.2 Å². The second-order valence-electron chi connectivity index (χ2n) is 9.84. The fourth-order valence-electron chi connectivity index (χ4n) is 4.60. The van der Waals surface area contributed by atoms with Crippen LogP contribution in [0, 0.1) is 13.8 Å². The average Bonchev–Trinajstić information content (AvgIpc) is 2.97. The molecule has 1 aliphatic rings. The molecule has 0 radical (unpaired) electrons. The van der Waals surface area contributed by atoms with Crippen molar-refractivity contribution in [2.75, 3.05) is 0 Å². The quantitative estimate of drug-likeness (QED) is 0.210. The Bertz CT molecular complexity index is 1690. The molecule has 1 aliphatic heterocycles. The van der Waals surface area contributed by atoms with Gasteiger partial charge in [0.05, 0.1) is 12.1 Å². The van der Waals surface area contributed by atoms with E-state index in [1.165, 1.54) is 0 Å². The average molecular weight is 553 g/mol. The van der Waals surface area contributed by atoms with Crippen molar-refractivity contribution in [1.29, 1.82) is 0 Å². The monoisotopic (exact) mass is 552 g/mol. The third kappa shape index (κ3) is 5.59. The molecule has 7 rings (SSSR count). The van der Waals surface area contributed by atoms with Gasteiger partial charge in [-0.2, -0.15) is 19.9 Å². The van der Waals surface area contributed by atoms with Gasteiger partial charge in [-0.25, -0.2) is 0 Å². The summed E-state index contributed by atoms with van der Waals surface area (Å²) in [6.07, 6.45) is 0. The van der Waals surface area contributed by atoms with Gasteiger partial charge in [0.25, 0.3) is 0 Å². The smallest absolute Gasteiger partial charge is 0.226 e. The van der Waals surface area contributed by atoms with Gasteiger partial charge in [0.2, 0.25) is 23.5 Å². The normalized spacial score (nSPS) is 11.9. The van der Waals surface area contributed by atoms with E-state index in [1.54, 1.807) is 24.3 Å². The number of ether oxygens (including phenoxy) is 4. The van der Waals surface area contributed by atoms with Crippen LogP contribution in [0.15, 0.2) is 109 Å². The number of hydrogen-bond donors (Lipinski definition) is 0. The van der Waals surface area contributed by atoms with Crippen molar-refractivity contribution in [2.24, 2.45) is 0 Å². The first-order valence-corrected chi connectivity index (χ1v) is 13.4. The minimum Gasteiger partial charge on any atom is -0.439 e. The summed E-state index contributed by atoms with van der Waals surface area (Å²) in [4.78, 5) is 18.7. The molecule has 0 saturated carbocycles. The lowest BCUT2D eigenvalue weighted by molar-refractivity contribution is 0.415. The predicted molar refractivity (Wildman–Crippen MR) is 158 cm³/mol. The lowest BCUT2D eigenvalue weighted by Crippen LogP contribution is -2.00. The van der Waals surface area contributed by atoms with Gasteiger partial charge in [-0.05, 0) is 49.2 Å². The Kier molecular flexibility index (Phi) is 6.41. The summed E-state index contributed by atoms with van der Waals surface area (Å²) in [7, 11) is 0. The number of fused-ring (bicyclic) bond motifs is 8. The van der Waals surface area contributed by atoms with Crippen LogP contribution in [0.2, 0.25) is 0 Å². The first kappa shape index (κ1) is 25.2. The maximum Gasteiger partial charge on any atom is 0.226 e. The number of benzene rings is 4. The minimum absolute atomic E-state index is 0.322. The van der Waals surface area contributed by atoms with Crippen molar-refractivity contribution < 1.29 is 18.9 Å². The van der Waals surface area contributed by atoms with Crippen LogP contribution in [0.3, 0.4) is 0 Å². The maximum absolute atomic E-state index is 6.26. The number of aryl methyl sites for hydroxylation is 2. The van der Waals surface area contributed by atoms with E-state index in [-0.39, 0.29) is 0 Å². The van der Waals surface area contributed by atoms with Crippen LogP contribution >= 0.6 is 0 Å².